The van der Waals surface area contributed by atoms with Gasteiger partial charge in [0.2, 0.25) is 0 Å². The van der Waals surface area contributed by atoms with E-state index in [0.29, 0.717) is 0 Å². The highest BCUT2D eigenvalue weighted by Gasteiger charge is 2.17. The molecule has 0 spiro atoms. The fourth-order valence-electron chi connectivity index (χ4n) is 1.71. The topological polar surface area (TPSA) is 27.1 Å². The van der Waals surface area contributed by atoms with Crippen LogP contribution >= 0.6 is 11.3 Å². The zero-order valence-electron chi connectivity index (χ0n) is 7.84. The lowest BCUT2D eigenvalue weighted by molar-refractivity contribution is 0.517. The van der Waals surface area contributed by atoms with Crippen LogP contribution in [0.4, 0.5) is 0 Å². The van der Waals surface area contributed by atoms with Crippen LogP contribution in [0.3, 0.4) is 0 Å². The van der Waals surface area contributed by atoms with Crippen molar-refractivity contribution in [3.63, 3.8) is 0 Å². The molecule has 70 valence electrons. The van der Waals surface area contributed by atoms with Gasteiger partial charge in [-0.15, -0.1) is 0 Å². The molecule has 1 aliphatic heterocycles. The number of hydrogen-bond donors (Lipinski definition) is 1. The second-order valence-electron chi connectivity index (χ2n) is 3.51. The summed E-state index contributed by atoms with van der Waals surface area (Å²) in [6, 6.07) is 0. The molecule has 0 aliphatic carbocycles. The molecule has 2 rings (SSSR count). The molecule has 2 heterocycles. The molecule has 1 saturated heterocycles. The molecule has 0 unspecified atom stereocenters. The largest absolute Gasteiger partial charge is 0.357 e. The van der Waals surface area contributed by atoms with Crippen LogP contribution < -0.4 is 0 Å². The van der Waals surface area contributed by atoms with Crippen LogP contribution in [0.5, 0.6) is 0 Å². The van der Waals surface area contributed by atoms with E-state index in [1.165, 1.54) is 18.4 Å². The van der Waals surface area contributed by atoms with E-state index in [2.05, 4.69) is 22.6 Å². The Morgan fingerprint density at radius 3 is 2.62 bits per heavy atom. The normalized spacial score (nSPS) is 16.5. The minimum Gasteiger partial charge on any atom is -0.357 e. The van der Waals surface area contributed by atoms with Gasteiger partial charge in [0.25, 0.3) is 0 Å². The first-order valence-electron chi connectivity index (χ1n) is 4.65. The molecule has 0 radical (unpaired) electrons. The summed E-state index contributed by atoms with van der Waals surface area (Å²) in [5.74, 6) is 0.719. The van der Waals surface area contributed by atoms with Crippen LogP contribution in [0.1, 0.15) is 24.0 Å². The highest BCUT2D eigenvalue weighted by molar-refractivity contribution is 7.08. The number of likely N-dealkylation sites (tertiary alicyclic amines) is 1. The third-order valence-electron chi connectivity index (χ3n) is 2.53. The zero-order valence-corrected chi connectivity index (χ0v) is 8.66. The minimum atomic E-state index is 0.719. The Morgan fingerprint density at radius 1 is 1.38 bits per heavy atom. The van der Waals surface area contributed by atoms with Crippen LogP contribution in [0.15, 0.2) is 10.8 Å². The maximum Gasteiger partial charge on any atom is 0.129 e. The average Bonchev–Trinajstić information content (AvgIpc) is 2.72. The molecular formula is C10H14N2S. The van der Waals surface area contributed by atoms with E-state index in [1.54, 1.807) is 11.3 Å². The SMILES string of the molecule is Cc1cscc1C(=N)N1CCCC1. The molecule has 0 aromatic carbocycles. The van der Waals surface area contributed by atoms with E-state index in [4.69, 9.17) is 5.41 Å². The number of thiophene rings is 1. The predicted octanol–water partition coefficient (Wildman–Crippen LogP) is 2.48. The van der Waals surface area contributed by atoms with Crippen LogP contribution in [0.2, 0.25) is 0 Å². The number of nitrogens with one attached hydrogen (secondary N) is 1. The lowest BCUT2D eigenvalue weighted by Gasteiger charge is -2.17. The molecule has 0 saturated carbocycles. The lowest BCUT2D eigenvalue weighted by Crippen LogP contribution is -2.27. The molecule has 1 aliphatic rings. The molecule has 1 fully saturated rings. The van der Waals surface area contributed by atoms with Gasteiger partial charge in [-0.05, 0) is 30.7 Å². The molecule has 0 atom stereocenters. The van der Waals surface area contributed by atoms with Gasteiger partial charge in [0, 0.05) is 24.0 Å². The maximum atomic E-state index is 8.02. The van der Waals surface area contributed by atoms with Gasteiger partial charge in [-0.25, -0.2) is 0 Å². The molecule has 1 N–H and O–H groups in total. The number of rotatable bonds is 1. The first kappa shape index (κ1) is 8.75. The van der Waals surface area contributed by atoms with Gasteiger partial charge in [-0.3, -0.25) is 5.41 Å². The second kappa shape index (κ2) is 3.50. The van der Waals surface area contributed by atoms with E-state index in [-0.39, 0.29) is 0 Å². The number of hydrogen-bond acceptors (Lipinski definition) is 2. The molecule has 1 aromatic rings. The van der Waals surface area contributed by atoms with Crippen molar-refractivity contribution in [2.75, 3.05) is 13.1 Å². The summed E-state index contributed by atoms with van der Waals surface area (Å²) in [7, 11) is 0. The van der Waals surface area contributed by atoms with Crippen molar-refractivity contribution >= 4 is 17.2 Å². The van der Waals surface area contributed by atoms with Crippen molar-refractivity contribution in [2.24, 2.45) is 0 Å². The van der Waals surface area contributed by atoms with Crippen molar-refractivity contribution in [1.82, 2.24) is 4.90 Å². The first-order chi connectivity index (χ1) is 6.29. The molecule has 3 heteroatoms. The lowest BCUT2D eigenvalue weighted by atomic mass is 10.2. The number of aryl methyl sites for hydroxylation is 1. The zero-order chi connectivity index (χ0) is 9.26. The van der Waals surface area contributed by atoms with E-state index in [0.717, 1.165) is 24.5 Å². The Labute approximate surface area is 82.7 Å². The van der Waals surface area contributed by atoms with Crippen LogP contribution in [-0.4, -0.2) is 23.8 Å². The van der Waals surface area contributed by atoms with Crippen molar-refractivity contribution in [3.8, 4) is 0 Å². The summed E-state index contributed by atoms with van der Waals surface area (Å²) in [6.07, 6.45) is 2.48. The summed E-state index contributed by atoms with van der Waals surface area (Å²) in [5, 5.41) is 12.2. The predicted molar refractivity (Wildman–Crippen MR) is 56.7 cm³/mol. The van der Waals surface area contributed by atoms with Crippen molar-refractivity contribution in [2.45, 2.75) is 19.8 Å². The third kappa shape index (κ3) is 1.61. The van der Waals surface area contributed by atoms with Crippen molar-refractivity contribution < 1.29 is 0 Å². The number of nitrogens with zero attached hydrogens (tertiary/aromatic N) is 1. The second-order valence-corrected chi connectivity index (χ2v) is 4.25. The Morgan fingerprint density at radius 2 is 2.08 bits per heavy atom. The summed E-state index contributed by atoms with van der Waals surface area (Å²) < 4.78 is 0. The Balaban J connectivity index is 2.17. The summed E-state index contributed by atoms with van der Waals surface area (Å²) >= 11 is 1.69. The summed E-state index contributed by atoms with van der Waals surface area (Å²) in [5.41, 5.74) is 2.36. The smallest absolute Gasteiger partial charge is 0.129 e. The Hall–Kier alpha value is -0.830. The third-order valence-corrected chi connectivity index (χ3v) is 3.39. The summed E-state index contributed by atoms with van der Waals surface area (Å²) in [4.78, 5) is 2.18. The highest BCUT2D eigenvalue weighted by Crippen LogP contribution is 2.18. The van der Waals surface area contributed by atoms with Crippen LogP contribution in [-0.2, 0) is 0 Å². The maximum absolute atomic E-state index is 8.02. The van der Waals surface area contributed by atoms with Gasteiger partial charge >= 0.3 is 0 Å². The summed E-state index contributed by atoms with van der Waals surface area (Å²) in [6.45, 7) is 4.21. The molecule has 1 aromatic heterocycles. The van der Waals surface area contributed by atoms with E-state index >= 15 is 0 Å². The minimum absolute atomic E-state index is 0.719. The van der Waals surface area contributed by atoms with Gasteiger partial charge in [0.05, 0.1) is 0 Å². The Bertz CT molecular complexity index is 310. The van der Waals surface area contributed by atoms with Crippen molar-refractivity contribution in [1.29, 1.82) is 5.41 Å². The van der Waals surface area contributed by atoms with Crippen LogP contribution in [0.25, 0.3) is 0 Å². The quantitative estimate of drug-likeness (QED) is 0.539. The van der Waals surface area contributed by atoms with Gasteiger partial charge in [-0.2, -0.15) is 11.3 Å². The molecule has 0 amide bonds. The fourth-order valence-corrected chi connectivity index (χ4v) is 2.55. The molecule has 13 heavy (non-hydrogen) atoms. The van der Waals surface area contributed by atoms with Gasteiger partial charge < -0.3 is 4.90 Å². The number of amidine groups is 1. The van der Waals surface area contributed by atoms with Gasteiger partial charge in [-0.1, -0.05) is 0 Å². The van der Waals surface area contributed by atoms with Gasteiger partial charge in [0.1, 0.15) is 5.84 Å². The average molecular weight is 194 g/mol. The highest BCUT2D eigenvalue weighted by atomic mass is 32.1. The van der Waals surface area contributed by atoms with E-state index in [9.17, 15) is 0 Å². The van der Waals surface area contributed by atoms with E-state index in [1.807, 2.05) is 0 Å². The molecular weight excluding hydrogens is 180 g/mol. The Kier molecular flexibility index (Phi) is 2.36. The molecule has 2 nitrogen and oxygen atoms in total. The first-order valence-corrected chi connectivity index (χ1v) is 5.60. The van der Waals surface area contributed by atoms with E-state index < -0.39 is 0 Å². The molecule has 0 bridgehead atoms. The van der Waals surface area contributed by atoms with Gasteiger partial charge in [0.15, 0.2) is 0 Å². The fraction of sp³-hybridized carbons (Fsp3) is 0.500. The van der Waals surface area contributed by atoms with Crippen molar-refractivity contribution in [3.05, 3.63) is 21.9 Å². The van der Waals surface area contributed by atoms with Crippen LogP contribution in [0, 0.1) is 12.3 Å². The standard InChI is InChI=1S/C10H14N2S/c1-8-6-13-7-9(8)10(11)12-4-2-3-5-12/h6-7,11H,2-5H2,1H3. The monoisotopic (exact) mass is 194 g/mol.